The Bertz CT molecular complexity index is 322. The molecule has 3 atom stereocenters. The molecule has 1 amide bonds. The van der Waals surface area contributed by atoms with Crippen LogP contribution in [0.15, 0.2) is 0 Å². The van der Waals surface area contributed by atoms with Crippen LogP contribution in [-0.2, 0) is 4.74 Å². The van der Waals surface area contributed by atoms with Crippen LogP contribution in [0.5, 0.6) is 0 Å². The first-order valence-electron chi connectivity index (χ1n) is 6.92. The second-order valence-corrected chi connectivity index (χ2v) is 6.92. The number of amides is 1. The number of likely N-dealkylation sites (tertiary alicyclic amines) is 1. The van der Waals surface area contributed by atoms with Gasteiger partial charge in [-0.25, -0.2) is 4.79 Å². The molecule has 0 radical (unpaired) electrons. The largest absolute Gasteiger partial charge is 0.444 e. The summed E-state index contributed by atoms with van der Waals surface area (Å²) in [7, 11) is 4.28. The van der Waals surface area contributed by atoms with Crippen LogP contribution in [0.25, 0.3) is 0 Å². The van der Waals surface area contributed by atoms with Crippen molar-refractivity contribution in [1.29, 1.82) is 0 Å². The van der Waals surface area contributed by atoms with E-state index in [1.165, 1.54) is 12.8 Å². The lowest BCUT2D eigenvalue weighted by atomic mass is 9.97. The van der Waals surface area contributed by atoms with Gasteiger partial charge in [-0.05, 0) is 59.5 Å². The fraction of sp³-hybridized carbons (Fsp3) is 0.929. The van der Waals surface area contributed by atoms with Crippen LogP contribution in [0, 0.1) is 11.8 Å². The normalized spacial score (nSPS) is 31.9. The zero-order chi connectivity index (χ0) is 13.5. The first kappa shape index (κ1) is 13.7. The van der Waals surface area contributed by atoms with Gasteiger partial charge < -0.3 is 14.5 Å². The van der Waals surface area contributed by atoms with Gasteiger partial charge in [0.2, 0.25) is 0 Å². The maximum Gasteiger partial charge on any atom is 0.410 e. The average Bonchev–Trinajstić information content (AvgIpc) is 2.70. The molecule has 2 rings (SSSR count). The monoisotopic (exact) mass is 254 g/mol. The van der Waals surface area contributed by atoms with Gasteiger partial charge in [0.1, 0.15) is 5.60 Å². The summed E-state index contributed by atoms with van der Waals surface area (Å²) in [6, 6.07) is 0.627. The molecule has 1 saturated heterocycles. The third-order valence-corrected chi connectivity index (χ3v) is 4.13. The van der Waals surface area contributed by atoms with Crippen molar-refractivity contribution in [3.8, 4) is 0 Å². The standard InChI is InChI=1S/C14H26N2O2/c1-14(2,3)18-13(17)16-8-10-6-7-12(15(4)5)11(10)9-16/h10-12H,6-9H2,1-5H3. The predicted molar refractivity (Wildman–Crippen MR) is 71.5 cm³/mol. The minimum atomic E-state index is -0.393. The van der Waals surface area contributed by atoms with Crippen molar-refractivity contribution >= 4 is 6.09 Å². The summed E-state index contributed by atoms with van der Waals surface area (Å²) < 4.78 is 5.46. The fourth-order valence-electron chi connectivity index (χ4n) is 3.35. The molecule has 3 unspecified atom stereocenters. The molecular weight excluding hydrogens is 228 g/mol. The highest BCUT2D eigenvalue weighted by molar-refractivity contribution is 5.68. The van der Waals surface area contributed by atoms with E-state index >= 15 is 0 Å². The molecule has 0 aromatic heterocycles. The summed E-state index contributed by atoms with van der Waals surface area (Å²) in [6.45, 7) is 7.51. The molecule has 18 heavy (non-hydrogen) atoms. The number of hydrogen-bond donors (Lipinski definition) is 0. The summed E-state index contributed by atoms with van der Waals surface area (Å²) in [5, 5.41) is 0. The molecule has 1 heterocycles. The van der Waals surface area contributed by atoms with Crippen molar-refractivity contribution in [2.45, 2.75) is 45.3 Å². The first-order chi connectivity index (χ1) is 8.28. The van der Waals surface area contributed by atoms with Crippen LogP contribution in [0.3, 0.4) is 0 Å². The Morgan fingerprint density at radius 2 is 1.89 bits per heavy atom. The van der Waals surface area contributed by atoms with Gasteiger partial charge in [0.05, 0.1) is 0 Å². The highest BCUT2D eigenvalue weighted by Crippen LogP contribution is 2.40. The molecule has 2 aliphatic rings. The Hall–Kier alpha value is -0.770. The second kappa shape index (κ2) is 4.72. The molecule has 4 nitrogen and oxygen atoms in total. The summed E-state index contributed by atoms with van der Waals surface area (Å²) in [6.07, 6.45) is 2.37. The van der Waals surface area contributed by atoms with Crippen LogP contribution in [0.4, 0.5) is 4.79 Å². The topological polar surface area (TPSA) is 32.8 Å². The number of carbonyl (C=O) groups is 1. The fourth-order valence-corrected chi connectivity index (χ4v) is 3.35. The molecule has 1 saturated carbocycles. The number of ether oxygens (including phenoxy) is 1. The summed E-state index contributed by atoms with van der Waals surface area (Å²) in [5.41, 5.74) is -0.393. The maximum atomic E-state index is 12.1. The van der Waals surface area contributed by atoms with Crippen molar-refractivity contribution in [2.24, 2.45) is 11.8 Å². The molecule has 2 fully saturated rings. The minimum Gasteiger partial charge on any atom is -0.444 e. The van der Waals surface area contributed by atoms with E-state index in [0.29, 0.717) is 17.9 Å². The number of carbonyl (C=O) groups excluding carboxylic acids is 1. The molecule has 0 bridgehead atoms. The van der Waals surface area contributed by atoms with Gasteiger partial charge in [-0.2, -0.15) is 0 Å². The molecule has 4 heteroatoms. The first-order valence-corrected chi connectivity index (χ1v) is 6.92. The Balaban J connectivity index is 1.95. The van der Waals surface area contributed by atoms with Crippen LogP contribution in [0.2, 0.25) is 0 Å². The van der Waals surface area contributed by atoms with Gasteiger partial charge >= 0.3 is 6.09 Å². The highest BCUT2D eigenvalue weighted by atomic mass is 16.6. The smallest absolute Gasteiger partial charge is 0.410 e. The zero-order valence-electron chi connectivity index (χ0n) is 12.3. The molecule has 1 aliphatic heterocycles. The number of nitrogens with zero attached hydrogens (tertiary/aromatic N) is 2. The Morgan fingerprint density at radius 1 is 1.22 bits per heavy atom. The lowest BCUT2D eigenvalue weighted by molar-refractivity contribution is 0.0273. The Kier molecular flexibility index (Phi) is 3.58. The Morgan fingerprint density at radius 3 is 2.44 bits per heavy atom. The second-order valence-electron chi connectivity index (χ2n) is 6.92. The van der Waals surface area contributed by atoms with Gasteiger partial charge in [-0.3, -0.25) is 0 Å². The van der Waals surface area contributed by atoms with E-state index < -0.39 is 5.60 Å². The number of fused-ring (bicyclic) bond motifs is 1. The van der Waals surface area contributed by atoms with Gasteiger partial charge in [-0.1, -0.05) is 0 Å². The van der Waals surface area contributed by atoms with Crippen molar-refractivity contribution in [1.82, 2.24) is 9.80 Å². The summed E-state index contributed by atoms with van der Waals surface area (Å²) in [4.78, 5) is 16.3. The van der Waals surface area contributed by atoms with Gasteiger partial charge in [0, 0.05) is 19.1 Å². The van der Waals surface area contributed by atoms with Crippen molar-refractivity contribution < 1.29 is 9.53 Å². The lowest BCUT2D eigenvalue weighted by Gasteiger charge is -2.27. The molecule has 104 valence electrons. The lowest BCUT2D eigenvalue weighted by Crippen LogP contribution is -2.38. The van der Waals surface area contributed by atoms with Crippen LogP contribution >= 0.6 is 0 Å². The quantitative estimate of drug-likeness (QED) is 0.719. The molecule has 0 N–H and O–H groups in total. The predicted octanol–water partition coefficient (Wildman–Crippen LogP) is 2.19. The maximum absolute atomic E-state index is 12.1. The molecule has 1 aliphatic carbocycles. The molecule has 0 aromatic carbocycles. The third kappa shape index (κ3) is 2.79. The number of rotatable bonds is 1. The molecular formula is C14H26N2O2. The average molecular weight is 254 g/mol. The molecule has 0 spiro atoms. The van der Waals surface area contributed by atoms with Crippen molar-refractivity contribution in [3.63, 3.8) is 0 Å². The minimum absolute atomic E-state index is 0.144. The van der Waals surface area contributed by atoms with E-state index in [-0.39, 0.29) is 6.09 Å². The van der Waals surface area contributed by atoms with Crippen LogP contribution in [-0.4, -0.2) is 54.7 Å². The van der Waals surface area contributed by atoms with Crippen molar-refractivity contribution in [3.05, 3.63) is 0 Å². The third-order valence-electron chi connectivity index (χ3n) is 4.13. The van der Waals surface area contributed by atoms with Gasteiger partial charge in [0.25, 0.3) is 0 Å². The summed E-state index contributed by atoms with van der Waals surface area (Å²) in [5.74, 6) is 1.30. The zero-order valence-corrected chi connectivity index (χ0v) is 12.3. The highest BCUT2D eigenvalue weighted by Gasteiger charge is 2.45. The van der Waals surface area contributed by atoms with E-state index in [9.17, 15) is 4.79 Å². The summed E-state index contributed by atoms with van der Waals surface area (Å²) >= 11 is 0. The van der Waals surface area contributed by atoms with E-state index in [2.05, 4.69) is 19.0 Å². The Labute approximate surface area is 110 Å². The van der Waals surface area contributed by atoms with Gasteiger partial charge in [0.15, 0.2) is 0 Å². The van der Waals surface area contributed by atoms with Gasteiger partial charge in [-0.15, -0.1) is 0 Å². The van der Waals surface area contributed by atoms with E-state index in [1.807, 2.05) is 25.7 Å². The van der Waals surface area contributed by atoms with E-state index in [1.54, 1.807) is 0 Å². The van der Waals surface area contributed by atoms with E-state index in [0.717, 1.165) is 13.1 Å². The van der Waals surface area contributed by atoms with Crippen LogP contribution < -0.4 is 0 Å². The SMILES string of the molecule is CN(C)C1CCC2CN(C(=O)OC(C)(C)C)CC21. The number of hydrogen-bond acceptors (Lipinski definition) is 3. The van der Waals surface area contributed by atoms with Crippen molar-refractivity contribution in [2.75, 3.05) is 27.2 Å². The van der Waals surface area contributed by atoms with E-state index in [4.69, 9.17) is 4.74 Å². The molecule has 0 aromatic rings. The van der Waals surface area contributed by atoms with Crippen LogP contribution in [0.1, 0.15) is 33.6 Å².